The van der Waals surface area contributed by atoms with E-state index >= 15 is 0 Å². The summed E-state index contributed by atoms with van der Waals surface area (Å²) in [4.78, 5) is 25.8. The van der Waals surface area contributed by atoms with Crippen LogP contribution in [0.25, 0.3) is 0 Å². The highest BCUT2D eigenvalue weighted by molar-refractivity contribution is 7.92. The number of carbonyl (C=O) groups excluding carboxylic acids is 1. The van der Waals surface area contributed by atoms with E-state index in [4.69, 9.17) is 9.84 Å². The molecular weight excluding hydrogens is 546 g/mol. The predicted molar refractivity (Wildman–Crippen MR) is 147 cm³/mol. The Hall–Kier alpha value is -3.26. The number of sulfonamides is 1. The summed E-state index contributed by atoms with van der Waals surface area (Å²) in [5.41, 5.74) is 1.48. The molecule has 40 heavy (non-hydrogen) atoms. The average Bonchev–Trinajstić information content (AvgIpc) is 3.68. The summed E-state index contributed by atoms with van der Waals surface area (Å²) in [6.45, 7) is 1.14. The van der Waals surface area contributed by atoms with Crippen LogP contribution in [0.1, 0.15) is 49.0 Å². The predicted octanol–water partition coefficient (Wildman–Crippen LogP) is 3.09. The number of anilines is 4. The van der Waals surface area contributed by atoms with Crippen LogP contribution in [0, 0.1) is 5.41 Å². The lowest BCUT2D eigenvalue weighted by atomic mass is 9.93. The molecule has 4 heterocycles. The molecular formula is C26H34F2N6O5S. The third-order valence-electron chi connectivity index (χ3n) is 7.96. The largest absolute Gasteiger partial charge is 0.493 e. The quantitative estimate of drug-likeness (QED) is 0.409. The number of aliphatic hydroxyl groups excluding tert-OH is 1. The Kier molecular flexibility index (Phi) is 7.75. The van der Waals surface area contributed by atoms with Crippen LogP contribution in [0.15, 0.2) is 24.4 Å². The van der Waals surface area contributed by atoms with Crippen molar-refractivity contribution in [3.63, 3.8) is 0 Å². The van der Waals surface area contributed by atoms with Crippen molar-refractivity contribution in [2.75, 3.05) is 65.5 Å². The lowest BCUT2D eigenvalue weighted by molar-refractivity contribution is -0.0222. The molecule has 1 spiro atoms. The van der Waals surface area contributed by atoms with Gasteiger partial charge >= 0.3 is 0 Å². The van der Waals surface area contributed by atoms with Gasteiger partial charge in [-0.25, -0.2) is 27.2 Å². The van der Waals surface area contributed by atoms with Gasteiger partial charge in [-0.1, -0.05) is 0 Å². The molecule has 2 aromatic heterocycles. The van der Waals surface area contributed by atoms with E-state index in [0.29, 0.717) is 28.4 Å². The normalized spacial score (nSPS) is 19.8. The number of amides is 1. The van der Waals surface area contributed by atoms with Crippen LogP contribution in [0.2, 0.25) is 0 Å². The van der Waals surface area contributed by atoms with Gasteiger partial charge in [-0.05, 0) is 43.2 Å². The number of carbonyl (C=O) groups is 1. The van der Waals surface area contributed by atoms with Gasteiger partial charge in [0.1, 0.15) is 11.5 Å². The molecule has 3 aliphatic rings. The summed E-state index contributed by atoms with van der Waals surface area (Å²) in [6, 6.07) is 4.66. The molecule has 0 unspecified atom stereocenters. The van der Waals surface area contributed by atoms with Gasteiger partial charge in [-0.15, -0.1) is 0 Å². The minimum atomic E-state index is -3.79. The lowest BCUT2D eigenvalue weighted by Gasteiger charge is -2.35. The molecule has 1 aliphatic carbocycles. The molecule has 0 atom stereocenters. The highest BCUT2D eigenvalue weighted by atomic mass is 32.2. The molecule has 2 saturated heterocycles. The Bertz CT molecular complexity index is 1350. The van der Waals surface area contributed by atoms with Gasteiger partial charge in [0.05, 0.1) is 37.0 Å². The van der Waals surface area contributed by atoms with E-state index in [0.717, 1.165) is 25.9 Å². The van der Waals surface area contributed by atoms with E-state index in [1.807, 2.05) is 0 Å². The molecule has 1 amide bonds. The smallest absolute Gasteiger partial charge is 0.274 e. The highest BCUT2D eigenvalue weighted by Crippen LogP contribution is 2.54. The number of piperidine rings is 2. The van der Waals surface area contributed by atoms with Crippen LogP contribution in [0.4, 0.5) is 31.8 Å². The fourth-order valence-electron chi connectivity index (χ4n) is 5.27. The summed E-state index contributed by atoms with van der Waals surface area (Å²) in [6.07, 6.45) is 5.21. The van der Waals surface area contributed by atoms with E-state index in [-0.39, 0.29) is 37.4 Å². The topological polar surface area (TPSA) is 137 Å². The van der Waals surface area contributed by atoms with E-state index in [9.17, 15) is 22.0 Å². The van der Waals surface area contributed by atoms with Gasteiger partial charge in [0.25, 0.3) is 11.8 Å². The number of aliphatic hydroxyl groups is 1. The summed E-state index contributed by atoms with van der Waals surface area (Å²) in [5, 5.41) is 11.9. The number of hydrogen-bond donors (Lipinski definition) is 3. The summed E-state index contributed by atoms with van der Waals surface area (Å²) in [5.74, 6) is -2.93. The first-order chi connectivity index (χ1) is 19.0. The third-order valence-corrected chi connectivity index (χ3v) is 9.20. The number of halogens is 2. The van der Waals surface area contributed by atoms with Crippen molar-refractivity contribution in [1.82, 2.24) is 9.97 Å². The lowest BCUT2D eigenvalue weighted by Crippen LogP contribution is -2.40. The van der Waals surface area contributed by atoms with Crippen LogP contribution in [0.3, 0.4) is 0 Å². The average molecular weight is 581 g/mol. The maximum atomic E-state index is 13.7. The van der Waals surface area contributed by atoms with Crippen molar-refractivity contribution in [3.05, 3.63) is 30.1 Å². The maximum Gasteiger partial charge on any atom is 0.274 e. The van der Waals surface area contributed by atoms with Crippen LogP contribution in [0.5, 0.6) is 5.75 Å². The van der Waals surface area contributed by atoms with Crippen molar-refractivity contribution >= 4 is 38.9 Å². The summed E-state index contributed by atoms with van der Waals surface area (Å²) in [7, 11) is -2.34. The Balaban J connectivity index is 1.39. The molecule has 14 heteroatoms. The molecule has 5 rings (SSSR count). The van der Waals surface area contributed by atoms with Crippen molar-refractivity contribution < 1.29 is 31.8 Å². The Morgan fingerprint density at radius 3 is 2.38 bits per heavy atom. The van der Waals surface area contributed by atoms with Crippen molar-refractivity contribution in [1.29, 1.82) is 0 Å². The second kappa shape index (κ2) is 11.0. The third kappa shape index (κ3) is 6.38. The zero-order chi connectivity index (χ0) is 28.5. The molecule has 3 N–H and O–H groups in total. The Morgan fingerprint density at radius 1 is 1.07 bits per heavy atom. The highest BCUT2D eigenvalue weighted by Gasteiger charge is 2.44. The number of nitrogens with one attached hydrogen (secondary N) is 2. The van der Waals surface area contributed by atoms with Gasteiger partial charge in [0, 0.05) is 45.1 Å². The van der Waals surface area contributed by atoms with Gasteiger partial charge in [0.2, 0.25) is 10.0 Å². The molecule has 1 saturated carbocycles. The fraction of sp³-hybridized carbons (Fsp3) is 0.577. The number of nitrogens with zero attached hydrogens (tertiary/aromatic N) is 4. The van der Waals surface area contributed by atoms with Crippen LogP contribution < -0.4 is 24.6 Å². The molecule has 2 aromatic rings. The van der Waals surface area contributed by atoms with Crippen LogP contribution in [-0.2, 0) is 10.0 Å². The summed E-state index contributed by atoms with van der Waals surface area (Å²) >= 11 is 0. The van der Waals surface area contributed by atoms with Gasteiger partial charge < -0.3 is 25.0 Å². The molecule has 218 valence electrons. The van der Waals surface area contributed by atoms with Crippen molar-refractivity contribution in [2.24, 2.45) is 5.41 Å². The van der Waals surface area contributed by atoms with Gasteiger partial charge in [0.15, 0.2) is 11.6 Å². The Labute approximate surface area is 232 Å². The van der Waals surface area contributed by atoms with Gasteiger partial charge in [-0.3, -0.25) is 9.52 Å². The summed E-state index contributed by atoms with van der Waals surface area (Å²) < 4.78 is 59.6. The molecule has 0 bridgehead atoms. The second-order valence-corrected chi connectivity index (χ2v) is 12.6. The number of methoxy groups -OCH3 is 1. The fourth-order valence-corrected chi connectivity index (χ4v) is 6.04. The van der Waals surface area contributed by atoms with E-state index < -0.39 is 34.2 Å². The standard InChI is InChI=1S/C26H34F2N6O5S/c1-39-21-3-2-18(30-23(21)34-12-8-26(27,28)9-13-34)24(36)31-19-17-29-22(32-40(37,38)15-14-35)16-20(19)33-10-6-25(4-5-25)7-11-33/h2-3,16-17,35H,4-15H2,1H3,(H,29,32)(H,31,36). The second-order valence-electron chi connectivity index (χ2n) is 10.7. The number of rotatable bonds is 9. The van der Waals surface area contributed by atoms with E-state index in [2.05, 4.69) is 24.9 Å². The number of ether oxygens (including phenoxy) is 1. The number of alkyl halides is 2. The SMILES string of the molecule is COc1ccc(C(=O)Nc2cnc(NS(=O)(=O)CCO)cc2N2CCC3(CC2)CC3)nc1N1CCC(F)(F)CC1. The number of pyridine rings is 2. The van der Waals surface area contributed by atoms with Crippen LogP contribution >= 0.6 is 0 Å². The van der Waals surface area contributed by atoms with Crippen LogP contribution in [-0.4, -0.2) is 81.0 Å². The minimum absolute atomic E-state index is 0.0717. The molecule has 0 radical (unpaired) electrons. The zero-order valence-electron chi connectivity index (χ0n) is 22.3. The first-order valence-corrected chi connectivity index (χ1v) is 15.0. The minimum Gasteiger partial charge on any atom is -0.493 e. The zero-order valence-corrected chi connectivity index (χ0v) is 23.1. The Morgan fingerprint density at radius 2 is 1.75 bits per heavy atom. The van der Waals surface area contributed by atoms with E-state index in [1.54, 1.807) is 17.0 Å². The molecule has 2 aliphatic heterocycles. The monoisotopic (exact) mass is 580 g/mol. The van der Waals surface area contributed by atoms with Crippen molar-refractivity contribution in [2.45, 2.75) is 44.4 Å². The maximum absolute atomic E-state index is 13.7. The van der Waals surface area contributed by atoms with Crippen molar-refractivity contribution in [3.8, 4) is 5.75 Å². The number of hydrogen-bond acceptors (Lipinski definition) is 9. The molecule has 0 aromatic carbocycles. The first-order valence-electron chi connectivity index (χ1n) is 13.4. The molecule has 11 nitrogen and oxygen atoms in total. The first kappa shape index (κ1) is 28.3. The van der Waals surface area contributed by atoms with E-state index in [1.165, 1.54) is 32.2 Å². The molecule has 3 fully saturated rings. The van der Waals surface area contributed by atoms with Gasteiger partial charge in [-0.2, -0.15) is 0 Å². The number of aromatic nitrogens is 2.